The van der Waals surface area contributed by atoms with Crippen LogP contribution in [0.3, 0.4) is 0 Å². The maximum atomic E-state index is 12.3. The second kappa shape index (κ2) is 8.88. The third-order valence-electron chi connectivity index (χ3n) is 3.58. The predicted octanol–water partition coefficient (Wildman–Crippen LogP) is 3.60. The molecule has 0 radical (unpaired) electrons. The fourth-order valence-electron chi connectivity index (χ4n) is 2.02. The number of nitrogens with zero attached hydrogens (tertiary/aromatic N) is 1. The summed E-state index contributed by atoms with van der Waals surface area (Å²) < 4.78 is 30.5. The van der Waals surface area contributed by atoms with Gasteiger partial charge in [0.05, 0.1) is 22.6 Å². The van der Waals surface area contributed by atoms with E-state index >= 15 is 0 Å². The molecule has 2 aromatic carbocycles. The van der Waals surface area contributed by atoms with Crippen molar-refractivity contribution in [3.8, 4) is 0 Å². The predicted molar refractivity (Wildman–Crippen MR) is 101 cm³/mol. The van der Waals surface area contributed by atoms with E-state index in [-0.39, 0.29) is 22.1 Å². The number of hydrogen-bond donors (Lipinski definition) is 0. The third kappa shape index (κ3) is 4.77. The molecule has 0 heterocycles. The van der Waals surface area contributed by atoms with Gasteiger partial charge in [-0.25, -0.2) is 13.2 Å². The molecule has 0 saturated carbocycles. The van der Waals surface area contributed by atoms with Gasteiger partial charge in [0.15, 0.2) is 0 Å². The number of ether oxygens (including phenoxy) is 1. The molecule has 0 unspecified atom stereocenters. The number of carbonyl (C=O) groups is 1. The quantitative estimate of drug-likeness (QED) is 0.391. The van der Waals surface area contributed by atoms with E-state index in [0.29, 0.717) is 4.47 Å². The van der Waals surface area contributed by atoms with E-state index < -0.39 is 16.0 Å². The van der Waals surface area contributed by atoms with Gasteiger partial charge >= 0.3 is 5.97 Å². The summed E-state index contributed by atoms with van der Waals surface area (Å²) in [6.07, 6.45) is 1.97. The van der Waals surface area contributed by atoms with E-state index in [1.807, 2.05) is 30.5 Å². The first-order valence-corrected chi connectivity index (χ1v) is 10.5. The maximum absolute atomic E-state index is 12.3. The van der Waals surface area contributed by atoms with Gasteiger partial charge in [-0.05, 0) is 42.2 Å². The molecule has 0 aliphatic carbocycles. The molecule has 2 aromatic rings. The molecule has 0 N–H and O–H groups in total. The number of thioether (sulfide) groups is 1. The monoisotopic (exact) mass is 415 g/mol. The minimum Gasteiger partial charge on any atom is -0.457 e. The lowest BCUT2D eigenvalue weighted by atomic mass is 10.2. The molecule has 140 valence electrons. The van der Waals surface area contributed by atoms with Crippen LogP contribution in [0, 0.1) is 0 Å². The number of rotatable bonds is 7. The number of carbonyl (C=O) groups excluding carboxylic acids is 1. The number of halogens is 1. The number of hydroxylamine groups is 1. The highest BCUT2D eigenvalue weighted by Crippen LogP contribution is 2.24. The number of hydrogen-bond acceptors (Lipinski definition) is 6. The summed E-state index contributed by atoms with van der Waals surface area (Å²) in [6, 6.07) is 11.4. The maximum Gasteiger partial charge on any atom is 0.340 e. The van der Waals surface area contributed by atoms with Crippen LogP contribution in [0.2, 0.25) is 5.02 Å². The molecule has 2 rings (SSSR count). The van der Waals surface area contributed by atoms with Crippen molar-refractivity contribution in [3.05, 3.63) is 58.6 Å². The minimum atomic E-state index is -3.89. The summed E-state index contributed by atoms with van der Waals surface area (Å²) in [5.41, 5.74) is 0.785. The Bertz CT molecular complexity index is 885. The molecule has 0 aromatic heterocycles. The fourth-order valence-corrected chi connectivity index (χ4v) is 3.62. The van der Waals surface area contributed by atoms with Crippen LogP contribution < -0.4 is 0 Å². The SMILES string of the molecule is CON(C)S(=O)(=O)c1ccc(Cl)c(C(=O)OCc2ccc(SC)cc2)c1. The Kier molecular flexibility index (Phi) is 7.08. The highest BCUT2D eigenvalue weighted by Gasteiger charge is 2.23. The first-order chi connectivity index (χ1) is 12.3. The lowest BCUT2D eigenvalue weighted by Crippen LogP contribution is -2.26. The average molecular weight is 416 g/mol. The average Bonchev–Trinajstić information content (AvgIpc) is 2.65. The largest absolute Gasteiger partial charge is 0.457 e. The Morgan fingerprint density at radius 1 is 1.19 bits per heavy atom. The zero-order valence-corrected chi connectivity index (χ0v) is 16.8. The van der Waals surface area contributed by atoms with Crippen LogP contribution in [-0.4, -0.2) is 39.3 Å². The van der Waals surface area contributed by atoms with Crippen molar-refractivity contribution in [1.82, 2.24) is 4.47 Å². The van der Waals surface area contributed by atoms with Crippen molar-refractivity contribution in [1.29, 1.82) is 0 Å². The van der Waals surface area contributed by atoms with Crippen LogP contribution >= 0.6 is 23.4 Å². The lowest BCUT2D eigenvalue weighted by molar-refractivity contribution is -0.0258. The number of benzene rings is 2. The molecule has 6 nitrogen and oxygen atoms in total. The first kappa shape index (κ1) is 20.7. The number of sulfonamides is 1. The van der Waals surface area contributed by atoms with Gasteiger partial charge in [-0.3, -0.25) is 4.84 Å². The molecule has 0 aliphatic heterocycles. The topological polar surface area (TPSA) is 72.9 Å². The highest BCUT2D eigenvalue weighted by atomic mass is 35.5. The van der Waals surface area contributed by atoms with E-state index in [9.17, 15) is 13.2 Å². The summed E-state index contributed by atoms with van der Waals surface area (Å²) in [7, 11) is -1.42. The molecular weight excluding hydrogens is 398 g/mol. The van der Waals surface area contributed by atoms with Crippen LogP contribution in [0.15, 0.2) is 52.3 Å². The van der Waals surface area contributed by atoms with Gasteiger partial charge < -0.3 is 4.74 Å². The van der Waals surface area contributed by atoms with Crippen molar-refractivity contribution in [2.45, 2.75) is 16.4 Å². The Morgan fingerprint density at radius 2 is 1.85 bits per heavy atom. The summed E-state index contributed by atoms with van der Waals surface area (Å²) in [5.74, 6) is -0.707. The molecular formula is C17H18ClNO5S2. The van der Waals surface area contributed by atoms with Crippen molar-refractivity contribution in [3.63, 3.8) is 0 Å². The van der Waals surface area contributed by atoms with Crippen molar-refractivity contribution < 1.29 is 22.8 Å². The smallest absolute Gasteiger partial charge is 0.340 e. The molecule has 26 heavy (non-hydrogen) atoms. The van der Waals surface area contributed by atoms with Crippen LogP contribution in [0.25, 0.3) is 0 Å². The van der Waals surface area contributed by atoms with E-state index in [4.69, 9.17) is 21.2 Å². The summed E-state index contributed by atoms with van der Waals surface area (Å²) in [5, 5.41) is 0.103. The first-order valence-electron chi connectivity index (χ1n) is 7.42. The second-order valence-electron chi connectivity index (χ2n) is 5.16. The van der Waals surface area contributed by atoms with Gasteiger partial charge in [-0.1, -0.05) is 28.2 Å². The van der Waals surface area contributed by atoms with Gasteiger partial charge in [0, 0.05) is 11.9 Å². The van der Waals surface area contributed by atoms with Gasteiger partial charge in [-0.2, -0.15) is 0 Å². The highest BCUT2D eigenvalue weighted by molar-refractivity contribution is 7.98. The van der Waals surface area contributed by atoms with Crippen molar-refractivity contribution >= 4 is 39.4 Å². The van der Waals surface area contributed by atoms with Crippen molar-refractivity contribution in [2.75, 3.05) is 20.4 Å². The summed E-state index contributed by atoms with van der Waals surface area (Å²) in [4.78, 5) is 18.0. The lowest BCUT2D eigenvalue weighted by Gasteiger charge is -2.15. The molecule has 0 bridgehead atoms. The molecule has 0 atom stereocenters. The Labute approximate surface area is 162 Å². The van der Waals surface area contributed by atoms with E-state index in [2.05, 4.69) is 0 Å². The fraction of sp³-hybridized carbons (Fsp3) is 0.235. The standard InChI is InChI=1S/C17H18ClNO5S2/c1-19(23-2)26(21,22)14-8-9-16(18)15(10-14)17(20)24-11-12-4-6-13(25-3)7-5-12/h4-10H,11H2,1-3H3. The normalized spacial score (nSPS) is 11.6. The Balaban J connectivity index is 2.18. The van der Waals surface area contributed by atoms with Crippen LogP contribution in [-0.2, 0) is 26.2 Å². The second-order valence-corrected chi connectivity index (χ2v) is 8.39. The number of esters is 1. The molecule has 0 aliphatic rings. The Hall–Kier alpha value is -1.58. The van der Waals surface area contributed by atoms with E-state index in [1.165, 1.54) is 32.4 Å². The summed E-state index contributed by atoms with van der Waals surface area (Å²) >= 11 is 7.65. The zero-order chi connectivity index (χ0) is 19.3. The van der Waals surface area contributed by atoms with Crippen LogP contribution in [0.4, 0.5) is 0 Å². The molecule has 9 heteroatoms. The van der Waals surface area contributed by atoms with Gasteiger partial charge in [-0.15, -0.1) is 11.8 Å². The van der Waals surface area contributed by atoms with Gasteiger partial charge in [0.1, 0.15) is 6.61 Å². The van der Waals surface area contributed by atoms with Crippen LogP contribution in [0.1, 0.15) is 15.9 Å². The minimum absolute atomic E-state index is 0.0296. The molecule has 0 spiro atoms. The molecule has 0 amide bonds. The third-order valence-corrected chi connectivity index (χ3v) is 6.33. The van der Waals surface area contributed by atoms with Crippen LogP contribution in [0.5, 0.6) is 0 Å². The summed E-state index contributed by atoms with van der Waals surface area (Å²) in [6.45, 7) is 0.0543. The Morgan fingerprint density at radius 3 is 2.42 bits per heavy atom. The van der Waals surface area contributed by atoms with E-state index in [1.54, 1.807) is 11.8 Å². The van der Waals surface area contributed by atoms with Gasteiger partial charge in [0.25, 0.3) is 10.0 Å². The van der Waals surface area contributed by atoms with E-state index in [0.717, 1.165) is 10.5 Å². The molecule has 0 saturated heterocycles. The molecule has 0 fully saturated rings. The van der Waals surface area contributed by atoms with Gasteiger partial charge in [0.2, 0.25) is 0 Å². The zero-order valence-electron chi connectivity index (χ0n) is 14.4. The van der Waals surface area contributed by atoms with Crippen molar-refractivity contribution in [2.24, 2.45) is 0 Å².